The molecule has 0 aromatic heterocycles. The first-order chi connectivity index (χ1) is 17.0. The quantitative estimate of drug-likeness (QED) is 0.512. The first-order valence-corrected chi connectivity index (χ1v) is 11.9. The van der Waals surface area contributed by atoms with E-state index in [9.17, 15) is 14.0 Å². The SMILES string of the molecule is Cc1cc(C)cc(N(C(=O)c2ccc3c(c2)OCCO3)[C@@H](C(=O)NC(C)(C)C)c2ccc(F)cc2)c1. The minimum absolute atomic E-state index is 0.342. The first kappa shape index (κ1) is 25.2. The van der Waals surface area contributed by atoms with Gasteiger partial charge in [-0.1, -0.05) is 18.2 Å². The highest BCUT2D eigenvalue weighted by Crippen LogP contribution is 2.35. The van der Waals surface area contributed by atoms with Crippen molar-refractivity contribution in [3.63, 3.8) is 0 Å². The smallest absolute Gasteiger partial charge is 0.259 e. The van der Waals surface area contributed by atoms with Gasteiger partial charge in [0, 0.05) is 16.8 Å². The molecular weight excluding hydrogens is 459 g/mol. The maximum absolute atomic E-state index is 14.2. The molecule has 0 aliphatic carbocycles. The van der Waals surface area contributed by atoms with Crippen LogP contribution in [0, 0.1) is 19.7 Å². The number of hydrogen-bond donors (Lipinski definition) is 1. The van der Waals surface area contributed by atoms with Crippen molar-refractivity contribution in [1.29, 1.82) is 0 Å². The summed E-state index contributed by atoms with van der Waals surface area (Å²) in [6.45, 7) is 10.3. The fourth-order valence-electron chi connectivity index (χ4n) is 4.29. The predicted molar refractivity (Wildman–Crippen MR) is 137 cm³/mol. The van der Waals surface area contributed by atoms with E-state index in [1.165, 1.54) is 29.2 Å². The topological polar surface area (TPSA) is 67.9 Å². The fraction of sp³-hybridized carbons (Fsp3) is 0.310. The number of rotatable bonds is 5. The summed E-state index contributed by atoms with van der Waals surface area (Å²) in [5, 5.41) is 3.00. The average molecular weight is 491 g/mol. The second-order valence-corrected chi connectivity index (χ2v) is 10.1. The van der Waals surface area contributed by atoms with Gasteiger partial charge in [-0.05, 0) is 93.8 Å². The molecule has 3 aromatic carbocycles. The molecule has 0 unspecified atom stereocenters. The molecular formula is C29H31FN2O4. The summed E-state index contributed by atoms with van der Waals surface area (Å²) in [6, 6.07) is 15.3. The maximum atomic E-state index is 14.2. The number of carbonyl (C=O) groups excluding carboxylic acids is 2. The van der Waals surface area contributed by atoms with E-state index in [2.05, 4.69) is 5.32 Å². The molecule has 188 valence electrons. The van der Waals surface area contributed by atoms with Crippen LogP contribution in [0.3, 0.4) is 0 Å². The van der Waals surface area contributed by atoms with Crippen molar-refractivity contribution in [1.82, 2.24) is 5.32 Å². The normalized spacial score (nSPS) is 13.6. The Morgan fingerprint density at radius 2 is 1.50 bits per heavy atom. The van der Waals surface area contributed by atoms with E-state index in [0.29, 0.717) is 41.5 Å². The first-order valence-electron chi connectivity index (χ1n) is 11.9. The molecule has 1 aliphatic rings. The summed E-state index contributed by atoms with van der Waals surface area (Å²) >= 11 is 0. The standard InChI is InChI=1S/C29H31FN2O4/c1-18-14-19(2)16-23(15-18)32(28(34)21-8-11-24-25(17-21)36-13-12-35-24)26(27(33)31-29(3,4)5)20-6-9-22(30)10-7-20/h6-11,14-17,26H,12-13H2,1-5H3,(H,31,33)/t26-/m1/s1. The van der Waals surface area contributed by atoms with Crippen LogP contribution in [0.4, 0.5) is 10.1 Å². The lowest BCUT2D eigenvalue weighted by atomic mass is 9.99. The van der Waals surface area contributed by atoms with Gasteiger partial charge in [0.25, 0.3) is 5.91 Å². The van der Waals surface area contributed by atoms with Crippen LogP contribution in [-0.4, -0.2) is 30.6 Å². The Hall–Kier alpha value is -3.87. The Morgan fingerprint density at radius 1 is 0.889 bits per heavy atom. The molecule has 1 heterocycles. The molecule has 2 amide bonds. The van der Waals surface area contributed by atoms with E-state index >= 15 is 0 Å². The van der Waals surface area contributed by atoms with Gasteiger partial charge in [-0.15, -0.1) is 0 Å². The Labute approximate surface area is 211 Å². The molecule has 0 bridgehead atoms. The van der Waals surface area contributed by atoms with Crippen LogP contribution in [0.1, 0.15) is 53.9 Å². The van der Waals surface area contributed by atoms with Gasteiger partial charge >= 0.3 is 0 Å². The minimum Gasteiger partial charge on any atom is -0.486 e. The number of nitrogens with zero attached hydrogens (tertiary/aromatic N) is 1. The summed E-state index contributed by atoms with van der Waals surface area (Å²) in [5.41, 5.74) is 2.73. The number of carbonyl (C=O) groups is 2. The van der Waals surface area contributed by atoms with Crippen LogP contribution in [0.15, 0.2) is 60.7 Å². The van der Waals surface area contributed by atoms with E-state index < -0.39 is 23.3 Å². The van der Waals surface area contributed by atoms with Gasteiger partial charge in [0.1, 0.15) is 25.1 Å². The number of fused-ring (bicyclic) bond motifs is 1. The molecule has 1 N–H and O–H groups in total. The Bertz CT molecular complexity index is 1260. The third-order valence-corrected chi connectivity index (χ3v) is 5.68. The molecule has 0 saturated carbocycles. The fourth-order valence-corrected chi connectivity index (χ4v) is 4.29. The van der Waals surface area contributed by atoms with Gasteiger partial charge in [-0.3, -0.25) is 14.5 Å². The summed E-state index contributed by atoms with van der Waals surface area (Å²) in [4.78, 5) is 29.4. The number of ether oxygens (including phenoxy) is 2. The minimum atomic E-state index is -1.05. The van der Waals surface area contributed by atoms with E-state index in [1.54, 1.807) is 18.2 Å². The second kappa shape index (κ2) is 10.0. The highest BCUT2D eigenvalue weighted by atomic mass is 19.1. The molecule has 0 spiro atoms. The monoisotopic (exact) mass is 490 g/mol. The van der Waals surface area contributed by atoms with Crippen LogP contribution in [0.2, 0.25) is 0 Å². The van der Waals surface area contributed by atoms with Crippen molar-refractivity contribution >= 4 is 17.5 Å². The number of aryl methyl sites for hydroxylation is 2. The van der Waals surface area contributed by atoms with Crippen molar-refractivity contribution in [2.45, 2.75) is 46.2 Å². The molecule has 3 aromatic rings. The van der Waals surface area contributed by atoms with Gasteiger partial charge in [0.05, 0.1) is 0 Å². The molecule has 1 atom stereocenters. The summed E-state index contributed by atoms with van der Waals surface area (Å²) in [5.74, 6) is -0.152. The molecule has 4 rings (SSSR count). The Morgan fingerprint density at radius 3 is 2.11 bits per heavy atom. The predicted octanol–water partition coefficient (Wildman–Crippen LogP) is 5.52. The highest BCUT2D eigenvalue weighted by Gasteiger charge is 2.35. The van der Waals surface area contributed by atoms with Crippen LogP contribution < -0.4 is 19.7 Å². The third-order valence-electron chi connectivity index (χ3n) is 5.68. The van der Waals surface area contributed by atoms with Crippen LogP contribution in [0.25, 0.3) is 0 Å². The summed E-state index contributed by atoms with van der Waals surface area (Å²) in [7, 11) is 0. The van der Waals surface area contributed by atoms with Crippen LogP contribution in [-0.2, 0) is 4.79 Å². The lowest BCUT2D eigenvalue weighted by Crippen LogP contribution is -2.49. The van der Waals surface area contributed by atoms with E-state index in [-0.39, 0.29) is 5.91 Å². The number of nitrogens with one attached hydrogen (secondary N) is 1. The van der Waals surface area contributed by atoms with E-state index in [1.807, 2.05) is 52.8 Å². The van der Waals surface area contributed by atoms with Crippen molar-refractivity contribution in [2.75, 3.05) is 18.1 Å². The van der Waals surface area contributed by atoms with Gasteiger partial charge in [-0.2, -0.15) is 0 Å². The number of benzene rings is 3. The van der Waals surface area contributed by atoms with Crippen molar-refractivity contribution in [3.05, 3.63) is 88.7 Å². The summed E-state index contributed by atoms with van der Waals surface area (Å²) < 4.78 is 25.1. The zero-order chi connectivity index (χ0) is 26.0. The molecule has 1 aliphatic heterocycles. The lowest BCUT2D eigenvalue weighted by molar-refractivity contribution is -0.123. The lowest BCUT2D eigenvalue weighted by Gasteiger charge is -2.34. The number of anilines is 1. The van der Waals surface area contributed by atoms with Crippen LogP contribution in [0.5, 0.6) is 11.5 Å². The number of amides is 2. The van der Waals surface area contributed by atoms with Crippen LogP contribution >= 0.6 is 0 Å². The maximum Gasteiger partial charge on any atom is 0.259 e. The molecule has 0 saturated heterocycles. The number of halogens is 1. The van der Waals surface area contributed by atoms with Crippen molar-refractivity contribution in [3.8, 4) is 11.5 Å². The zero-order valence-corrected chi connectivity index (χ0v) is 21.2. The van der Waals surface area contributed by atoms with Crippen molar-refractivity contribution in [2.24, 2.45) is 0 Å². The molecule has 6 nitrogen and oxygen atoms in total. The Balaban J connectivity index is 1.89. The van der Waals surface area contributed by atoms with Gasteiger partial charge in [0.2, 0.25) is 5.91 Å². The second-order valence-electron chi connectivity index (χ2n) is 10.1. The van der Waals surface area contributed by atoms with Gasteiger partial charge < -0.3 is 14.8 Å². The number of hydrogen-bond acceptors (Lipinski definition) is 4. The molecule has 7 heteroatoms. The van der Waals surface area contributed by atoms with E-state index in [4.69, 9.17) is 9.47 Å². The molecule has 0 radical (unpaired) electrons. The molecule has 36 heavy (non-hydrogen) atoms. The van der Waals surface area contributed by atoms with E-state index in [0.717, 1.165) is 11.1 Å². The summed E-state index contributed by atoms with van der Waals surface area (Å²) in [6.07, 6.45) is 0. The third kappa shape index (κ3) is 5.67. The van der Waals surface area contributed by atoms with Gasteiger partial charge in [-0.25, -0.2) is 4.39 Å². The highest BCUT2D eigenvalue weighted by molar-refractivity contribution is 6.10. The molecule has 0 fully saturated rings. The van der Waals surface area contributed by atoms with Crippen molar-refractivity contribution < 1.29 is 23.5 Å². The average Bonchev–Trinajstić information content (AvgIpc) is 2.80. The van der Waals surface area contributed by atoms with Gasteiger partial charge in [0.15, 0.2) is 11.5 Å². The largest absolute Gasteiger partial charge is 0.486 e. The Kier molecular flexibility index (Phi) is 7.02. The zero-order valence-electron chi connectivity index (χ0n) is 21.2.